The van der Waals surface area contributed by atoms with Gasteiger partial charge in [-0.25, -0.2) is 0 Å². The Labute approximate surface area is 253 Å². The number of amides is 1. The van der Waals surface area contributed by atoms with E-state index >= 15 is 0 Å². The molecule has 4 heteroatoms. The van der Waals surface area contributed by atoms with Gasteiger partial charge in [0.25, 0.3) is 0 Å². The second kappa shape index (κ2) is 32.3. The Hall–Kier alpha value is -2.17. The molecule has 3 N–H and O–H groups in total. The molecule has 0 fully saturated rings. The standard InChI is InChI=1S/C37H63NO3/c1-3-5-7-9-11-13-15-17-19-21-23-25-27-29-31-33-37(41)38-35(34-39)36(40)32-30-28-26-24-22-20-18-16-14-12-10-8-6-4-2/h5,7,11,13-14,16-17,19,22,24,30,32,35-36,39-40H,3-4,6,8-10,12,15,18,20-21,23,25-29,31,33-34H2,1-2H3,(H,38,41)/b7-5-,13-11-,16-14+,19-17-,24-22+,32-30+. The van der Waals surface area contributed by atoms with Crippen molar-refractivity contribution in [2.75, 3.05) is 6.61 Å². The van der Waals surface area contributed by atoms with E-state index in [0.717, 1.165) is 70.6 Å². The van der Waals surface area contributed by atoms with Gasteiger partial charge in [0.15, 0.2) is 0 Å². The van der Waals surface area contributed by atoms with Gasteiger partial charge in [-0.3, -0.25) is 4.79 Å². The number of carbonyl (C=O) groups is 1. The largest absolute Gasteiger partial charge is 0.394 e. The summed E-state index contributed by atoms with van der Waals surface area (Å²) in [4.78, 5) is 12.3. The summed E-state index contributed by atoms with van der Waals surface area (Å²) in [5.74, 6) is -0.101. The molecule has 0 aliphatic carbocycles. The molecule has 0 rings (SSSR count). The summed E-state index contributed by atoms with van der Waals surface area (Å²) in [6.45, 7) is 4.12. The van der Waals surface area contributed by atoms with Crippen LogP contribution in [-0.4, -0.2) is 34.9 Å². The van der Waals surface area contributed by atoms with Crippen LogP contribution in [0.5, 0.6) is 0 Å². The van der Waals surface area contributed by atoms with Crippen LogP contribution >= 0.6 is 0 Å². The number of hydrogen-bond donors (Lipinski definition) is 3. The lowest BCUT2D eigenvalue weighted by Gasteiger charge is -2.19. The molecule has 0 saturated carbocycles. The fraction of sp³-hybridized carbons (Fsp3) is 0.649. The normalized spacial score (nSPS) is 14.1. The molecule has 0 heterocycles. The summed E-state index contributed by atoms with van der Waals surface area (Å²) < 4.78 is 0. The quantitative estimate of drug-likeness (QED) is 0.0649. The number of aliphatic hydroxyl groups is 2. The minimum atomic E-state index is -0.878. The number of unbranched alkanes of at least 4 members (excludes halogenated alkanes) is 11. The van der Waals surface area contributed by atoms with Crippen LogP contribution in [0.3, 0.4) is 0 Å². The van der Waals surface area contributed by atoms with Gasteiger partial charge < -0.3 is 15.5 Å². The summed E-state index contributed by atoms with van der Waals surface area (Å²) >= 11 is 0. The van der Waals surface area contributed by atoms with Crippen molar-refractivity contribution in [2.45, 2.75) is 148 Å². The molecule has 41 heavy (non-hydrogen) atoms. The fourth-order valence-corrected chi connectivity index (χ4v) is 4.34. The molecule has 0 saturated heterocycles. The maximum atomic E-state index is 12.3. The maximum Gasteiger partial charge on any atom is 0.220 e. The average Bonchev–Trinajstić information content (AvgIpc) is 2.97. The van der Waals surface area contributed by atoms with Crippen LogP contribution in [0.4, 0.5) is 0 Å². The van der Waals surface area contributed by atoms with Gasteiger partial charge >= 0.3 is 0 Å². The summed E-state index contributed by atoms with van der Waals surface area (Å²) in [7, 11) is 0. The van der Waals surface area contributed by atoms with Crippen LogP contribution in [0.15, 0.2) is 72.9 Å². The van der Waals surface area contributed by atoms with Crippen LogP contribution in [-0.2, 0) is 4.79 Å². The maximum absolute atomic E-state index is 12.3. The van der Waals surface area contributed by atoms with Crippen molar-refractivity contribution in [2.24, 2.45) is 0 Å². The zero-order chi connectivity index (χ0) is 30.1. The lowest BCUT2D eigenvalue weighted by Crippen LogP contribution is -2.45. The second-order valence-electron chi connectivity index (χ2n) is 10.8. The summed E-state index contributed by atoms with van der Waals surface area (Å²) in [6, 6.07) is -0.655. The molecule has 0 bridgehead atoms. The molecule has 0 aromatic rings. The van der Waals surface area contributed by atoms with E-state index in [2.05, 4.69) is 79.9 Å². The molecule has 0 spiro atoms. The van der Waals surface area contributed by atoms with E-state index in [1.165, 1.54) is 44.9 Å². The monoisotopic (exact) mass is 569 g/mol. The third kappa shape index (κ3) is 29.1. The highest BCUT2D eigenvalue weighted by molar-refractivity contribution is 5.76. The van der Waals surface area contributed by atoms with Crippen LogP contribution < -0.4 is 5.32 Å². The molecule has 0 aromatic heterocycles. The van der Waals surface area contributed by atoms with Gasteiger partial charge in [0.05, 0.1) is 18.8 Å². The van der Waals surface area contributed by atoms with Gasteiger partial charge in [-0.2, -0.15) is 0 Å². The van der Waals surface area contributed by atoms with Crippen LogP contribution in [0, 0.1) is 0 Å². The highest BCUT2D eigenvalue weighted by Crippen LogP contribution is 2.09. The van der Waals surface area contributed by atoms with Crippen molar-refractivity contribution in [1.29, 1.82) is 0 Å². The summed E-state index contributed by atoms with van der Waals surface area (Å²) in [6.07, 6.45) is 45.4. The topological polar surface area (TPSA) is 69.6 Å². The van der Waals surface area contributed by atoms with Gasteiger partial charge in [0.2, 0.25) is 5.91 Å². The third-order valence-electron chi connectivity index (χ3n) is 6.90. The van der Waals surface area contributed by atoms with Gasteiger partial charge in [-0.05, 0) is 77.0 Å². The Balaban J connectivity index is 3.81. The molecule has 2 atom stereocenters. The van der Waals surface area contributed by atoms with Crippen molar-refractivity contribution >= 4 is 5.91 Å². The second-order valence-corrected chi connectivity index (χ2v) is 10.8. The molecule has 4 nitrogen and oxygen atoms in total. The van der Waals surface area contributed by atoms with Gasteiger partial charge in [0.1, 0.15) is 0 Å². The predicted octanol–water partition coefficient (Wildman–Crippen LogP) is 9.61. The van der Waals surface area contributed by atoms with Crippen LogP contribution in [0.25, 0.3) is 0 Å². The molecule has 0 aliphatic heterocycles. The summed E-state index contributed by atoms with van der Waals surface area (Å²) in [5.41, 5.74) is 0. The molecule has 234 valence electrons. The highest BCUT2D eigenvalue weighted by Gasteiger charge is 2.17. The van der Waals surface area contributed by atoms with Crippen molar-refractivity contribution in [1.82, 2.24) is 5.32 Å². The Bertz CT molecular complexity index is 747. The van der Waals surface area contributed by atoms with E-state index in [9.17, 15) is 15.0 Å². The molecule has 0 radical (unpaired) electrons. The Morgan fingerprint density at radius 2 is 1.10 bits per heavy atom. The van der Waals surface area contributed by atoms with E-state index < -0.39 is 12.1 Å². The minimum Gasteiger partial charge on any atom is -0.394 e. The molecule has 1 amide bonds. The van der Waals surface area contributed by atoms with Gasteiger partial charge in [-0.15, -0.1) is 0 Å². The average molecular weight is 570 g/mol. The van der Waals surface area contributed by atoms with Gasteiger partial charge in [0, 0.05) is 6.42 Å². The lowest BCUT2D eigenvalue weighted by molar-refractivity contribution is -0.123. The molecular weight excluding hydrogens is 506 g/mol. The Kier molecular flexibility index (Phi) is 30.6. The Morgan fingerprint density at radius 3 is 1.71 bits per heavy atom. The zero-order valence-electron chi connectivity index (χ0n) is 26.5. The smallest absolute Gasteiger partial charge is 0.220 e. The number of carbonyl (C=O) groups excluding carboxylic acids is 1. The molecule has 0 aliphatic rings. The first-order valence-electron chi connectivity index (χ1n) is 16.7. The zero-order valence-corrected chi connectivity index (χ0v) is 26.5. The minimum absolute atomic E-state index is 0.101. The molecular formula is C37H63NO3. The van der Waals surface area contributed by atoms with E-state index in [0.29, 0.717) is 6.42 Å². The number of aliphatic hydroxyl groups excluding tert-OH is 2. The predicted molar refractivity (Wildman–Crippen MR) is 179 cm³/mol. The van der Waals surface area contributed by atoms with E-state index in [1.807, 2.05) is 6.08 Å². The van der Waals surface area contributed by atoms with Crippen LogP contribution in [0.2, 0.25) is 0 Å². The van der Waals surface area contributed by atoms with Crippen molar-refractivity contribution in [3.8, 4) is 0 Å². The molecule has 2 unspecified atom stereocenters. The first-order valence-corrected chi connectivity index (χ1v) is 16.7. The van der Waals surface area contributed by atoms with E-state index in [4.69, 9.17) is 0 Å². The van der Waals surface area contributed by atoms with E-state index in [1.54, 1.807) is 6.08 Å². The van der Waals surface area contributed by atoms with Crippen molar-refractivity contribution in [3.63, 3.8) is 0 Å². The number of allylic oxidation sites excluding steroid dienone is 11. The van der Waals surface area contributed by atoms with Crippen molar-refractivity contribution in [3.05, 3.63) is 72.9 Å². The van der Waals surface area contributed by atoms with E-state index in [-0.39, 0.29) is 12.5 Å². The third-order valence-corrected chi connectivity index (χ3v) is 6.90. The first-order chi connectivity index (χ1) is 20.2. The summed E-state index contributed by atoms with van der Waals surface area (Å²) in [5, 5.41) is 22.8. The number of rotatable bonds is 28. The van der Waals surface area contributed by atoms with Crippen LogP contribution in [0.1, 0.15) is 136 Å². The highest BCUT2D eigenvalue weighted by atomic mass is 16.3. The van der Waals surface area contributed by atoms with Gasteiger partial charge in [-0.1, -0.05) is 125 Å². The number of hydrogen-bond acceptors (Lipinski definition) is 3. The molecule has 0 aromatic carbocycles. The lowest BCUT2D eigenvalue weighted by atomic mass is 10.1. The SMILES string of the molecule is CC/C=C\C/C=C\C/C=C\CCCCCCCC(=O)NC(CO)C(O)/C=C/CC/C=C/CC/C=C/CCCCCC. The number of nitrogens with one attached hydrogen (secondary N) is 1. The first kappa shape index (κ1) is 38.8. The van der Waals surface area contributed by atoms with Crippen molar-refractivity contribution < 1.29 is 15.0 Å². The Morgan fingerprint density at radius 1 is 0.610 bits per heavy atom. The fourth-order valence-electron chi connectivity index (χ4n) is 4.34.